The van der Waals surface area contributed by atoms with Crippen LogP contribution in [-0.4, -0.2) is 42.0 Å². The Kier molecular flexibility index (Phi) is 3.33. The minimum atomic E-state index is -0.910. The number of carboxylic acid groups (broad SMARTS) is 1. The lowest BCUT2D eigenvalue weighted by atomic mass is 10.3. The van der Waals surface area contributed by atoms with Crippen LogP contribution in [0.1, 0.15) is 5.69 Å². The summed E-state index contributed by atoms with van der Waals surface area (Å²) in [5.41, 5.74) is 1.52. The number of thioether (sulfide) groups is 1. The lowest BCUT2D eigenvalue weighted by molar-refractivity contribution is -0.133. The van der Waals surface area contributed by atoms with Crippen LogP contribution in [0, 0.1) is 6.92 Å². The third-order valence-corrected chi connectivity index (χ3v) is 2.88. The van der Waals surface area contributed by atoms with Gasteiger partial charge in [-0.15, -0.1) is 5.10 Å². The van der Waals surface area contributed by atoms with Gasteiger partial charge in [0, 0.05) is 6.20 Å². The maximum absolute atomic E-state index is 10.5. The van der Waals surface area contributed by atoms with E-state index in [0.29, 0.717) is 5.16 Å². The van der Waals surface area contributed by atoms with Crippen molar-refractivity contribution in [2.75, 3.05) is 5.75 Å². The van der Waals surface area contributed by atoms with Gasteiger partial charge in [-0.1, -0.05) is 11.8 Å². The first-order valence-corrected chi connectivity index (χ1v) is 5.72. The van der Waals surface area contributed by atoms with Gasteiger partial charge in [0.1, 0.15) is 0 Å². The van der Waals surface area contributed by atoms with Gasteiger partial charge >= 0.3 is 5.97 Å². The largest absolute Gasteiger partial charge is 0.481 e. The first-order valence-electron chi connectivity index (χ1n) is 4.73. The Balaban J connectivity index is 2.31. The Hall–Kier alpha value is -1.96. The fraction of sp³-hybridized carbons (Fsp3) is 0.222. The summed E-state index contributed by atoms with van der Waals surface area (Å²) in [7, 11) is 0. The molecule has 0 aliphatic heterocycles. The summed E-state index contributed by atoms with van der Waals surface area (Å²) in [6, 6.07) is 3.60. The second-order valence-corrected chi connectivity index (χ2v) is 4.11. The molecule has 1 N–H and O–H groups in total. The molecule has 0 bridgehead atoms. The van der Waals surface area contributed by atoms with Gasteiger partial charge in [-0.3, -0.25) is 9.78 Å². The van der Waals surface area contributed by atoms with E-state index in [4.69, 9.17) is 5.11 Å². The van der Waals surface area contributed by atoms with E-state index in [1.165, 1.54) is 4.68 Å². The summed E-state index contributed by atoms with van der Waals surface area (Å²) in [6.45, 7) is 1.84. The summed E-state index contributed by atoms with van der Waals surface area (Å²) >= 11 is 1.06. The lowest BCUT2D eigenvalue weighted by Crippen LogP contribution is -2.04. The van der Waals surface area contributed by atoms with Crippen molar-refractivity contribution < 1.29 is 9.90 Å². The highest BCUT2D eigenvalue weighted by atomic mass is 32.2. The zero-order chi connectivity index (χ0) is 12.3. The molecule has 2 rings (SSSR count). The summed E-state index contributed by atoms with van der Waals surface area (Å²) in [6.07, 6.45) is 1.67. The molecular formula is C9H9N5O2S. The van der Waals surface area contributed by atoms with E-state index in [-0.39, 0.29) is 5.75 Å². The molecule has 2 aromatic heterocycles. The van der Waals surface area contributed by atoms with E-state index < -0.39 is 5.97 Å². The third kappa shape index (κ3) is 2.59. The van der Waals surface area contributed by atoms with Gasteiger partial charge in [0.25, 0.3) is 0 Å². The molecular weight excluding hydrogens is 242 g/mol. The maximum Gasteiger partial charge on any atom is 0.313 e. The highest BCUT2D eigenvalue weighted by Gasteiger charge is 2.12. The van der Waals surface area contributed by atoms with Crippen molar-refractivity contribution in [2.45, 2.75) is 12.1 Å². The predicted molar refractivity (Wildman–Crippen MR) is 60.0 cm³/mol. The Bertz CT molecular complexity index is 542. The predicted octanol–water partition coefficient (Wildman–Crippen LogP) is 0.542. The highest BCUT2D eigenvalue weighted by Crippen LogP contribution is 2.18. The molecule has 2 heterocycles. The second-order valence-electron chi connectivity index (χ2n) is 3.16. The summed E-state index contributed by atoms with van der Waals surface area (Å²) in [4.78, 5) is 14.6. The highest BCUT2D eigenvalue weighted by molar-refractivity contribution is 7.99. The average Bonchev–Trinajstić information content (AvgIpc) is 2.75. The smallest absolute Gasteiger partial charge is 0.313 e. The van der Waals surface area contributed by atoms with Gasteiger partial charge in [-0.25, -0.2) is 0 Å². The third-order valence-electron chi connectivity index (χ3n) is 1.97. The number of carbonyl (C=O) groups is 1. The average molecular weight is 251 g/mol. The Morgan fingerprint density at radius 1 is 1.59 bits per heavy atom. The zero-order valence-electron chi connectivity index (χ0n) is 8.94. The number of aryl methyl sites for hydroxylation is 1. The van der Waals surface area contributed by atoms with Crippen LogP contribution in [0.4, 0.5) is 0 Å². The number of aromatic nitrogens is 5. The molecule has 0 atom stereocenters. The molecule has 0 spiro atoms. The van der Waals surface area contributed by atoms with Crippen LogP contribution >= 0.6 is 11.8 Å². The Morgan fingerprint density at radius 2 is 2.41 bits per heavy atom. The quantitative estimate of drug-likeness (QED) is 0.792. The van der Waals surface area contributed by atoms with Crippen LogP contribution in [0.2, 0.25) is 0 Å². The number of aliphatic carboxylic acids is 1. The molecule has 2 aromatic rings. The number of nitrogens with zero attached hydrogens (tertiary/aromatic N) is 5. The van der Waals surface area contributed by atoms with Crippen LogP contribution in [0.5, 0.6) is 0 Å². The normalized spacial score (nSPS) is 10.4. The van der Waals surface area contributed by atoms with Crippen molar-refractivity contribution in [3.63, 3.8) is 0 Å². The van der Waals surface area contributed by atoms with E-state index in [2.05, 4.69) is 20.5 Å². The van der Waals surface area contributed by atoms with E-state index in [1.807, 2.05) is 13.0 Å². The lowest BCUT2D eigenvalue weighted by Gasteiger charge is -2.05. The van der Waals surface area contributed by atoms with Crippen molar-refractivity contribution in [1.29, 1.82) is 0 Å². The van der Waals surface area contributed by atoms with Crippen molar-refractivity contribution in [3.8, 4) is 5.69 Å². The van der Waals surface area contributed by atoms with Crippen LogP contribution < -0.4 is 0 Å². The standard InChI is InChI=1S/C9H9N5O2S/c1-6-7(3-2-4-10-6)14-9(11-12-13-14)17-5-8(15)16/h2-4H,5H2,1H3,(H,15,16). The topological polar surface area (TPSA) is 93.8 Å². The number of carboxylic acids is 1. The molecule has 0 saturated heterocycles. The van der Waals surface area contributed by atoms with E-state index >= 15 is 0 Å². The molecule has 0 unspecified atom stereocenters. The molecule has 88 valence electrons. The van der Waals surface area contributed by atoms with Gasteiger partial charge in [-0.05, 0) is 29.5 Å². The monoisotopic (exact) mass is 251 g/mol. The fourth-order valence-electron chi connectivity index (χ4n) is 1.25. The molecule has 0 aromatic carbocycles. The summed E-state index contributed by atoms with van der Waals surface area (Å²) in [5, 5.41) is 20.2. The summed E-state index contributed by atoms with van der Waals surface area (Å²) < 4.78 is 1.48. The number of hydrogen-bond donors (Lipinski definition) is 1. The number of tetrazole rings is 1. The van der Waals surface area contributed by atoms with Crippen LogP contribution in [0.3, 0.4) is 0 Å². The minimum Gasteiger partial charge on any atom is -0.481 e. The van der Waals surface area contributed by atoms with Gasteiger partial charge in [0.15, 0.2) is 0 Å². The molecule has 0 aliphatic rings. The van der Waals surface area contributed by atoms with Crippen LogP contribution in [-0.2, 0) is 4.79 Å². The first-order chi connectivity index (χ1) is 8.18. The molecule has 0 amide bonds. The van der Waals surface area contributed by atoms with Gasteiger partial charge < -0.3 is 5.11 Å². The molecule has 0 saturated carbocycles. The van der Waals surface area contributed by atoms with Gasteiger partial charge in [0.2, 0.25) is 5.16 Å². The van der Waals surface area contributed by atoms with Crippen molar-refractivity contribution in [1.82, 2.24) is 25.2 Å². The Labute approximate surface area is 101 Å². The van der Waals surface area contributed by atoms with E-state index in [1.54, 1.807) is 12.3 Å². The fourth-order valence-corrected chi connectivity index (χ4v) is 1.85. The van der Waals surface area contributed by atoms with Crippen molar-refractivity contribution in [2.24, 2.45) is 0 Å². The molecule has 7 nitrogen and oxygen atoms in total. The van der Waals surface area contributed by atoms with Crippen molar-refractivity contribution >= 4 is 17.7 Å². The van der Waals surface area contributed by atoms with Crippen LogP contribution in [0.15, 0.2) is 23.5 Å². The molecule has 17 heavy (non-hydrogen) atoms. The summed E-state index contributed by atoms with van der Waals surface area (Å²) in [5.74, 6) is -0.993. The molecule has 8 heteroatoms. The number of rotatable bonds is 4. The minimum absolute atomic E-state index is 0.0836. The van der Waals surface area contributed by atoms with E-state index in [9.17, 15) is 4.79 Å². The zero-order valence-corrected chi connectivity index (χ0v) is 9.76. The number of pyridine rings is 1. The van der Waals surface area contributed by atoms with Crippen molar-refractivity contribution in [3.05, 3.63) is 24.0 Å². The maximum atomic E-state index is 10.5. The molecule has 0 fully saturated rings. The molecule has 0 aliphatic carbocycles. The van der Waals surface area contributed by atoms with Crippen LogP contribution in [0.25, 0.3) is 5.69 Å². The van der Waals surface area contributed by atoms with Gasteiger partial charge in [0.05, 0.1) is 17.1 Å². The van der Waals surface area contributed by atoms with Gasteiger partial charge in [-0.2, -0.15) is 4.68 Å². The SMILES string of the molecule is Cc1ncccc1-n1nnnc1SCC(=O)O. The Morgan fingerprint density at radius 3 is 3.12 bits per heavy atom. The number of hydrogen-bond acceptors (Lipinski definition) is 6. The second kappa shape index (κ2) is 4.91. The van der Waals surface area contributed by atoms with E-state index in [0.717, 1.165) is 23.1 Å². The molecule has 0 radical (unpaired) electrons. The first kappa shape index (κ1) is 11.5.